The number of rotatable bonds is 4. The third-order valence-corrected chi connectivity index (χ3v) is 5.34. The molecular formula is C21H27N5O. The van der Waals surface area contributed by atoms with E-state index in [4.69, 9.17) is 5.10 Å². The Morgan fingerprint density at radius 2 is 2.04 bits per heavy atom. The monoisotopic (exact) mass is 365 g/mol. The van der Waals surface area contributed by atoms with Crippen LogP contribution in [-0.2, 0) is 6.42 Å². The van der Waals surface area contributed by atoms with E-state index in [0.29, 0.717) is 23.8 Å². The van der Waals surface area contributed by atoms with E-state index in [1.807, 2.05) is 24.3 Å². The van der Waals surface area contributed by atoms with Crippen molar-refractivity contribution in [1.82, 2.24) is 19.8 Å². The highest BCUT2D eigenvalue weighted by Crippen LogP contribution is 2.39. The molecule has 0 aliphatic heterocycles. The SMILES string of the molecule is CC1CC(Nc2ccc3nnc(Cc4cccc(O)c4)n3n2)CC(C)(C)C1. The summed E-state index contributed by atoms with van der Waals surface area (Å²) in [6.07, 6.45) is 4.16. The van der Waals surface area contributed by atoms with Crippen LogP contribution >= 0.6 is 0 Å². The summed E-state index contributed by atoms with van der Waals surface area (Å²) >= 11 is 0. The highest BCUT2D eigenvalue weighted by atomic mass is 16.3. The maximum atomic E-state index is 9.68. The summed E-state index contributed by atoms with van der Waals surface area (Å²) in [6, 6.07) is 11.6. The van der Waals surface area contributed by atoms with Crippen LogP contribution in [0.2, 0.25) is 0 Å². The molecule has 0 radical (unpaired) electrons. The molecule has 1 saturated carbocycles. The predicted octanol–water partition coefficient (Wildman–Crippen LogP) is 4.05. The third kappa shape index (κ3) is 4.04. The molecule has 1 fully saturated rings. The van der Waals surface area contributed by atoms with Gasteiger partial charge in [0.1, 0.15) is 11.6 Å². The van der Waals surface area contributed by atoms with Gasteiger partial charge in [-0.2, -0.15) is 4.52 Å². The van der Waals surface area contributed by atoms with Crippen molar-refractivity contribution in [3.8, 4) is 5.75 Å². The Morgan fingerprint density at radius 3 is 2.81 bits per heavy atom. The second kappa shape index (κ2) is 6.83. The minimum absolute atomic E-state index is 0.255. The van der Waals surface area contributed by atoms with Gasteiger partial charge in [-0.3, -0.25) is 0 Å². The molecule has 27 heavy (non-hydrogen) atoms. The first-order chi connectivity index (χ1) is 12.9. The number of hydrogen-bond acceptors (Lipinski definition) is 5. The summed E-state index contributed by atoms with van der Waals surface area (Å²) in [6.45, 7) is 7.03. The van der Waals surface area contributed by atoms with Crippen molar-refractivity contribution in [3.05, 3.63) is 47.8 Å². The Hall–Kier alpha value is -2.63. The smallest absolute Gasteiger partial charge is 0.178 e. The Morgan fingerprint density at radius 1 is 1.19 bits per heavy atom. The predicted molar refractivity (Wildman–Crippen MR) is 106 cm³/mol. The first-order valence-corrected chi connectivity index (χ1v) is 9.64. The van der Waals surface area contributed by atoms with Crippen LogP contribution in [0.25, 0.3) is 5.65 Å². The molecule has 0 saturated heterocycles. The second-order valence-electron chi connectivity index (χ2n) is 8.71. The Kier molecular flexibility index (Phi) is 4.50. The molecule has 6 nitrogen and oxygen atoms in total. The van der Waals surface area contributed by atoms with E-state index in [1.54, 1.807) is 16.6 Å². The average molecular weight is 365 g/mol. The normalized spacial score (nSPS) is 22.0. The van der Waals surface area contributed by atoms with Crippen LogP contribution in [0.4, 0.5) is 5.82 Å². The molecular weight excluding hydrogens is 338 g/mol. The van der Waals surface area contributed by atoms with Crippen molar-refractivity contribution in [2.75, 3.05) is 5.32 Å². The van der Waals surface area contributed by atoms with Crippen molar-refractivity contribution in [1.29, 1.82) is 0 Å². The zero-order chi connectivity index (χ0) is 19.0. The lowest BCUT2D eigenvalue weighted by atomic mass is 9.70. The van der Waals surface area contributed by atoms with Crippen LogP contribution in [0.1, 0.15) is 51.4 Å². The van der Waals surface area contributed by atoms with Crippen LogP contribution in [0, 0.1) is 11.3 Å². The molecule has 2 aromatic heterocycles. The fourth-order valence-corrected chi connectivity index (χ4v) is 4.53. The molecule has 2 atom stereocenters. The quantitative estimate of drug-likeness (QED) is 0.729. The van der Waals surface area contributed by atoms with Crippen molar-refractivity contribution in [2.24, 2.45) is 11.3 Å². The Balaban J connectivity index is 1.56. The zero-order valence-corrected chi connectivity index (χ0v) is 16.2. The molecule has 1 aromatic carbocycles. The lowest BCUT2D eigenvalue weighted by Crippen LogP contribution is -2.35. The van der Waals surface area contributed by atoms with E-state index < -0.39 is 0 Å². The van der Waals surface area contributed by atoms with Crippen LogP contribution in [0.15, 0.2) is 36.4 Å². The van der Waals surface area contributed by atoms with Gasteiger partial charge in [0.25, 0.3) is 0 Å². The molecule has 2 N–H and O–H groups in total. The molecule has 3 aromatic rings. The summed E-state index contributed by atoms with van der Waals surface area (Å²) in [5.41, 5.74) is 2.07. The minimum Gasteiger partial charge on any atom is -0.508 e. The van der Waals surface area contributed by atoms with Crippen LogP contribution in [0.5, 0.6) is 5.75 Å². The fourth-order valence-electron chi connectivity index (χ4n) is 4.53. The van der Waals surface area contributed by atoms with Crippen molar-refractivity contribution in [3.63, 3.8) is 0 Å². The van der Waals surface area contributed by atoms with E-state index in [1.165, 1.54) is 12.8 Å². The van der Waals surface area contributed by atoms with Gasteiger partial charge in [-0.05, 0) is 60.4 Å². The number of aromatic nitrogens is 4. The highest BCUT2D eigenvalue weighted by Gasteiger charge is 2.32. The summed E-state index contributed by atoms with van der Waals surface area (Å²) in [4.78, 5) is 0. The molecule has 0 amide bonds. The number of hydrogen-bond donors (Lipinski definition) is 2. The molecule has 0 bridgehead atoms. The van der Waals surface area contributed by atoms with Gasteiger partial charge in [0.05, 0.1) is 0 Å². The third-order valence-electron chi connectivity index (χ3n) is 5.34. The standard InChI is InChI=1S/C21H27N5O/c1-14-9-16(13-21(2,3)12-14)22-18-7-8-19-23-24-20(26(19)25-18)11-15-5-4-6-17(27)10-15/h4-8,10,14,16,27H,9,11-13H2,1-3H3,(H,22,25). The first-order valence-electron chi connectivity index (χ1n) is 9.64. The maximum Gasteiger partial charge on any atom is 0.178 e. The largest absolute Gasteiger partial charge is 0.508 e. The molecule has 4 rings (SSSR count). The average Bonchev–Trinajstić information content (AvgIpc) is 2.95. The lowest BCUT2D eigenvalue weighted by Gasteiger charge is -2.39. The molecule has 142 valence electrons. The van der Waals surface area contributed by atoms with E-state index in [2.05, 4.69) is 36.3 Å². The number of phenols is 1. The minimum atomic E-state index is 0.255. The summed E-state index contributed by atoms with van der Waals surface area (Å²) in [5, 5.41) is 26.5. The zero-order valence-electron chi connectivity index (χ0n) is 16.2. The van der Waals surface area contributed by atoms with Gasteiger partial charge in [0.2, 0.25) is 0 Å². The Labute approximate surface area is 159 Å². The van der Waals surface area contributed by atoms with Crippen LogP contribution in [0.3, 0.4) is 0 Å². The van der Waals surface area contributed by atoms with Gasteiger partial charge >= 0.3 is 0 Å². The van der Waals surface area contributed by atoms with Crippen LogP contribution in [-0.4, -0.2) is 31.0 Å². The van der Waals surface area contributed by atoms with E-state index in [0.717, 1.165) is 29.3 Å². The Bertz CT molecular complexity index is 949. The van der Waals surface area contributed by atoms with Gasteiger partial charge in [-0.25, -0.2) is 0 Å². The first kappa shape index (κ1) is 17.8. The highest BCUT2D eigenvalue weighted by molar-refractivity contribution is 5.45. The van der Waals surface area contributed by atoms with Crippen molar-refractivity contribution >= 4 is 11.5 Å². The second-order valence-corrected chi connectivity index (χ2v) is 8.71. The maximum absolute atomic E-state index is 9.68. The number of aromatic hydroxyl groups is 1. The number of benzene rings is 1. The van der Waals surface area contributed by atoms with Crippen LogP contribution < -0.4 is 5.32 Å². The number of fused-ring (bicyclic) bond motifs is 1. The molecule has 1 aliphatic rings. The van der Waals surface area contributed by atoms with Gasteiger partial charge in [-0.15, -0.1) is 15.3 Å². The number of anilines is 1. The van der Waals surface area contributed by atoms with Gasteiger partial charge in [0, 0.05) is 12.5 Å². The van der Waals surface area contributed by atoms with Crippen molar-refractivity contribution < 1.29 is 5.11 Å². The summed E-state index contributed by atoms with van der Waals surface area (Å²) < 4.78 is 1.80. The molecule has 2 heterocycles. The summed E-state index contributed by atoms with van der Waals surface area (Å²) in [5.74, 6) is 2.59. The number of phenolic OH excluding ortho intramolecular Hbond substituents is 1. The van der Waals surface area contributed by atoms with Crippen molar-refractivity contribution in [2.45, 2.75) is 52.5 Å². The molecule has 1 aliphatic carbocycles. The van der Waals surface area contributed by atoms with Gasteiger partial charge < -0.3 is 10.4 Å². The molecule has 0 spiro atoms. The van der Waals surface area contributed by atoms with E-state index in [9.17, 15) is 5.11 Å². The molecule has 2 unspecified atom stereocenters. The van der Waals surface area contributed by atoms with Gasteiger partial charge in [0.15, 0.2) is 11.5 Å². The van der Waals surface area contributed by atoms with E-state index in [-0.39, 0.29) is 5.75 Å². The number of nitrogens with one attached hydrogen (secondary N) is 1. The molecule has 6 heteroatoms. The van der Waals surface area contributed by atoms with E-state index >= 15 is 0 Å². The lowest BCUT2D eigenvalue weighted by molar-refractivity contribution is 0.177. The number of nitrogens with zero attached hydrogens (tertiary/aromatic N) is 4. The topological polar surface area (TPSA) is 75.3 Å². The van der Waals surface area contributed by atoms with Gasteiger partial charge in [-0.1, -0.05) is 32.9 Å². The fraction of sp³-hybridized carbons (Fsp3) is 0.476. The summed E-state index contributed by atoms with van der Waals surface area (Å²) in [7, 11) is 0.